The van der Waals surface area contributed by atoms with Crippen molar-refractivity contribution in [2.75, 3.05) is 6.54 Å². The minimum atomic E-state index is -1.41. The third-order valence-corrected chi connectivity index (χ3v) is 4.43. The number of carbonyl (C=O) groups excluding carboxylic acids is 4. The number of phenolic OH excluding ortho intramolecular Hbond substituents is 1. The summed E-state index contributed by atoms with van der Waals surface area (Å²) in [4.78, 5) is 59.3. The van der Waals surface area contributed by atoms with E-state index in [1.165, 1.54) is 12.1 Å². The summed E-state index contributed by atoms with van der Waals surface area (Å²) in [5.41, 5.74) is 11.7. The number of phenols is 1. The molecular weight excluding hydrogens is 422 g/mol. The van der Waals surface area contributed by atoms with Crippen molar-refractivity contribution >= 4 is 29.6 Å². The number of aromatic hydroxyl groups is 1. The Labute approximate surface area is 184 Å². The van der Waals surface area contributed by atoms with Crippen LogP contribution in [0.1, 0.15) is 25.8 Å². The predicted molar refractivity (Wildman–Crippen MR) is 113 cm³/mol. The maximum absolute atomic E-state index is 12.7. The van der Waals surface area contributed by atoms with Gasteiger partial charge in [-0.25, -0.2) is 0 Å². The molecule has 0 heterocycles. The lowest BCUT2D eigenvalue weighted by atomic mass is 10.0. The zero-order valence-corrected chi connectivity index (χ0v) is 17.8. The Bertz CT molecular complexity index is 841. The number of carboxylic acids is 1. The maximum atomic E-state index is 12.7. The van der Waals surface area contributed by atoms with Gasteiger partial charge >= 0.3 is 5.97 Å². The summed E-state index contributed by atoms with van der Waals surface area (Å²) >= 11 is 0. The molecule has 3 atom stereocenters. The minimum absolute atomic E-state index is 0.0706. The Morgan fingerprint density at radius 3 is 2.06 bits per heavy atom. The second-order valence-electron chi connectivity index (χ2n) is 7.55. The molecule has 0 aliphatic heterocycles. The van der Waals surface area contributed by atoms with Crippen LogP contribution in [-0.4, -0.2) is 64.5 Å². The molecule has 0 spiro atoms. The number of hydrogen-bond acceptors (Lipinski definition) is 7. The summed E-state index contributed by atoms with van der Waals surface area (Å²) in [5.74, 6) is -4.82. The number of primary amides is 1. The van der Waals surface area contributed by atoms with Crippen LogP contribution in [-0.2, 0) is 30.4 Å². The van der Waals surface area contributed by atoms with Gasteiger partial charge in [-0.05, 0) is 30.0 Å². The quantitative estimate of drug-likeness (QED) is 0.187. The molecule has 12 nitrogen and oxygen atoms in total. The van der Waals surface area contributed by atoms with Gasteiger partial charge in [0.05, 0.1) is 12.5 Å². The van der Waals surface area contributed by atoms with Crippen molar-refractivity contribution in [3.63, 3.8) is 0 Å². The van der Waals surface area contributed by atoms with E-state index in [4.69, 9.17) is 16.6 Å². The number of carboxylic acid groups (broad SMARTS) is 1. The van der Waals surface area contributed by atoms with Gasteiger partial charge in [-0.1, -0.05) is 26.0 Å². The van der Waals surface area contributed by atoms with Gasteiger partial charge in [0, 0.05) is 0 Å². The molecule has 0 aromatic heterocycles. The van der Waals surface area contributed by atoms with E-state index in [9.17, 15) is 29.1 Å². The molecule has 3 unspecified atom stereocenters. The molecule has 1 aromatic carbocycles. The highest BCUT2D eigenvalue weighted by Gasteiger charge is 2.31. The van der Waals surface area contributed by atoms with Crippen LogP contribution in [0.4, 0.5) is 0 Å². The fraction of sp³-hybridized carbons (Fsp3) is 0.450. The molecule has 1 rings (SSSR count). The molecule has 12 heteroatoms. The molecule has 0 aliphatic rings. The van der Waals surface area contributed by atoms with Crippen LogP contribution in [0, 0.1) is 5.92 Å². The SMILES string of the molecule is CC(C)C(NC(=O)C(N)Cc1ccc(O)cc1)C(=O)NC(CC(N)=O)C(=O)NCC(=O)O. The van der Waals surface area contributed by atoms with Crippen molar-refractivity contribution in [1.29, 1.82) is 0 Å². The molecule has 32 heavy (non-hydrogen) atoms. The van der Waals surface area contributed by atoms with E-state index >= 15 is 0 Å². The number of carbonyl (C=O) groups is 5. The molecule has 0 bridgehead atoms. The molecule has 1 aromatic rings. The Morgan fingerprint density at radius 2 is 1.56 bits per heavy atom. The Hall–Kier alpha value is -3.67. The van der Waals surface area contributed by atoms with Crippen molar-refractivity contribution in [3.05, 3.63) is 29.8 Å². The summed E-state index contributed by atoms with van der Waals surface area (Å²) in [6.07, 6.45) is -0.406. The van der Waals surface area contributed by atoms with Crippen molar-refractivity contribution in [3.8, 4) is 5.75 Å². The number of amides is 4. The lowest BCUT2D eigenvalue weighted by molar-refractivity contribution is -0.139. The standard InChI is InChI=1S/C20H29N5O7/c1-10(2)17(25-18(30)13(21)7-11-3-5-12(26)6-4-11)20(32)24-14(8-15(22)27)19(31)23-9-16(28)29/h3-6,10,13-14,17,26H,7-9,21H2,1-2H3,(H2,22,27)(H,23,31)(H,24,32)(H,25,30)(H,28,29). The van der Waals surface area contributed by atoms with Gasteiger partial charge in [0.15, 0.2) is 0 Å². The third kappa shape index (κ3) is 9.00. The zero-order valence-electron chi connectivity index (χ0n) is 17.8. The van der Waals surface area contributed by atoms with Crippen LogP contribution in [0.3, 0.4) is 0 Å². The van der Waals surface area contributed by atoms with Gasteiger partial charge < -0.3 is 37.6 Å². The summed E-state index contributed by atoms with van der Waals surface area (Å²) in [6.45, 7) is 2.60. The zero-order chi connectivity index (χ0) is 24.4. The van der Waals surface area contributed by atoms with E-state index in [1.807, 2.05) is 0 Å². The first-order valence-electron chi connectivity index (χ1n) is 9.82. The lowest BCUT2D eigenvalue weighted by Crippen LogP contribution is -2.58. The van der Waals surface area contributed by atoms with E-state index in [-0.39, 0.29) is 12.2 Å². The molecule has 4 amide bonds. The van der Waals surface area contributed by atoms with Crippen molar-refractivity contribution in [2.45, 2.75) is 44.8 Å². The van der Waals surface area contributed by atoms with Crippen LogP contribution in [0.25, 0.3) is 0 Å². The van der Waals surface area contributed by atoms with E-state index in [0.29, 0.717) is 5.56 Å². The fourth-order valence-electron chi connectivity index (χ4n) is 2.73. The molecule has 0 saturated carbocycles. The second kappa shape index (κ2) is 12.2. The lowest BCUT2D eigenvalue weighted by Gasteiger charge is -2.26. The largest absolute Gasteiger partial charge is 0.508 e. The first-order valence-corrected chi connectivity index (χ1v) is 9.82. The van der Waals surface area contributed by atoms with Crippen LogP contribution < -0.4 is 27.4 Å². The molecule has 0 saturated heterocycles. The highest BCUT2D eigenvalue weighted by molar-refractivity contribution is 5.95. The molecule has 9 N–H and O–H groups in total. The van der Waals surface area contributed by atoms with Crippen LogP contribution >= 0.6 is 0 Å². The van der Waals surface area contributed by atoms with Gasteiger partial charge in [0.2, 0.25) is 23.6 Å². The predicted octanol–water partition coefficient (Wildman–Crippen LogP) is -2.04. The number of nitrogens with two attached hydrogens (primary N) is 2. The molecule has 0 fully saturated rings. The number of nitrogens with one attached hydrogen (secondary N) is 3. The highest BCUT2D eigenvalue weighted by atomic mass is 16.4. The second-order valence-corrected chi connectivity index (χ2v) is 7.55. The van der Waals surface area contributed by atoms with E-state index in [2.05, 4.69) is 16.0 Å². The van der Waals surface area contributed by atoms with E-state index < -0.39 is 66.6 Å². The monoisotopic (exact) mass is 451 g/mol. The average molecular weight is 451 g/mol. The van der Waals surface area contributed by atoms with Crippen molar-refractivity contribution in [1.82, 2.24) is 16.0 Å². The Balaban J connectivity index is 2.83. The van der Waals surface area contributed by atoms with Gasteiger partial charge in [0.25, 0.3) is 0 Å². The molecular formula is C20H29N5O7. The topological polar surface area (TPSA) is 214 Å². The molecule has 0 aliphatic carbocycles. The normalized spacial score (nSPS) is 13.5. The van der Waals surface area contributed by atoms with Crippen LogP contribution in [0.5, 0.6) is 5.75 Å². The van der Waals surface area contributed by atoms with Gasteiger partial charge in [0.1, 0.15) is 24.4 Å². The first kappa shape index (κ1) is 26.4. The van der Waals surface area contributed by atoms with Crippen molar-refractivity contribution in [2.24, 2.45) is 17.4 Å². The van der Waals surface area contributed by atoms with E-state index in [0.717, 1.165) is 0 Å². The summed E-state index contributed by atoms with van der Waals surface area (Å²) in [7, 11) is 0. The number of benzene rings is 1. The highest BCUT2D eigenvalue weighted by Crippen LogP contribution is 2.11. The summed E-state index contributed by atoms with van der Waals surface area (Å²) < 4.78 is 0. The Morgan fingerprint density at radius 1 is 0.969 bits per heavy atom. The van der Waals surface area contributed by atoms with Crippen molar-refractivity contribution < 1.29 is 34.2 Å². The number of hydrogen-bond donors (Lipinski definition) is 7. The maximum Gasteiger partial charge on any atom is 0.322 e. The van der Waals surface area contributed by atoms with Gasteiger partial charge in [-0.3, -0.25) is 24.0 Å². The summed E-state index contributed by atoms with van der Waals surface area (Å²) in [6, 6.07) is 2.64. The smallest absolute Gasteiger partial charge is 0.322 e. The van der Waals surface area contributed by atoms with Crippen LogP contribution in [0.2, 0.25) is 0 Å². The molecule has 176 valence electrons. The minimum Gasteiger partial charge on any atom is -0.508 e. The average Bonchev–Trinajstić information content (AvgIpc) is 2.70. The fourth-order valence-corrected chi connectivity index (χ4v) is 2.73. The van der Waals surface area contributed by atoms with Crippen LogP contribution in [0.15, 0.2) is 24.3 Å². The first-order chi connectivity index (χ1) is 14.9. The summed E-state index contributed by atoms with van der Waals surface area (Å²) in [5, 5.41) is 24.9. The number of rotatable bonds is 12. The van der Waals surface area contributed by atoms with Gasteiger partial charge in [-0.15, -0.1) is 0 Å². The van der Waals surface area contributed by atoms with Gasteiger partial charge in [-0.2, -0.15) is 0 Å². The molecule has 0 radical (unpaired) electrons. The van der Waals surface area contributed by atoms with E-state index in [1.54, 1.807) is 26.0 Å². The number of aliphatic carboxylic acids is 1. The Kier molecular flexibility index (Phi) is 10.1. The third-order valence-electron chi connectivity index (χ3n) is 4.43.